The van der Waals surface area contributed by atoms with E-state index in [1.165, 1.54) is 0 Å². The van der Waals surface area contributed by atoms with Gasteiger partial charge in [-0.2, -0.15) is 10.2 Å². The molecule has 2 rings (SSSR count). The van der Waals surface area contributed by atoms with Crippen LogP contribution in [0.15, 0.2) is 20.2 Å². The quantitative estimate of drug-likeness (QED) is 0.508. The topological polar surface area (TPSA) is 148 Å². The zero-order chi connectivity index (χ0) is 23.2. The Morgan fingerprint density at radius 1 is 0.767 bits per heavy atom. The van der Waals surface area contributed by atoms with Gasteiger partial charge in [0.25, 0.3) is 11.9 Å². The molecule has 2 aliphatic rings. The summed E-state index contributed by atoms with van der Waals surface area (Å²) in [6.07, 6.45) is 4.59. The molecule has 0 radical (unpaired) electrons. The molecule has 2 heterocycles. The number of nitrogens with zero attached hydrogens (tertiary/aromatic N) is 4. The van der Waals surface area contributed by atoms with Crippen molar-refractivity contribution in [2.75, 3.05) is 26.2 Å². The molecule has 10 heteroatoms. The second kappa shape index (κ2) is 13.7. The molecule has 10 nitrogen and oxygen atoms in total. The van der Waals surface area contributed by atoms with Crippen LogP contribution in [0, 0.1) is 0 Å². The van der Waals surface area contributed by atoms with Gasteiger partial charge in [-0.1, -0.05) is 0 Å². The van der Waals surface area contributed by atoms with E-state index >= 15 is 0 Å². The summed E-state index contributed by atoms with van der Waals surface area (Å²) in [6.45, 7) is 14.1. The van der Waals surface area contributed by atoms with E-state index in [0.29, 0.717) is 0 Å². The first-order valence-electron chi connectivity index (χ1n) is 10.3. The highest BCUT2D eigenvalue weighted by Crippen LogP contribution is 2.19. The monoisotopic (exact) mass is 426 g/mol. The zero-order valence-electron chi connectivity index (χ0n) is 19.2. The van der Waals surface area contributed by atoms with Gasteiger partial charge >= 0.3 is 0 Å². The van der Waals surface area contributed by atoms with Crippen molar-refractivity contribution in [3.63, 3.8) is 0 Å². The van der Waals surface area contributed by atoms with Crippen molar-refractivity contribution in [3.8, 4) is 0 Å². The van der Waals surface area contributed by atoms with Crippen LogP contribution in [0.4, 0.5) is 0 Å². The Morgan fingerprint density at radius 3 is 1.37 bits per heavy atom. The third-order valence-electron chi connectivity index (χ3n) is 4.00. The van der Waals surface area contributed by atoms with Crippen LogP contribution in [-0.2, 0) is 9.59 Å². The van der Waals surface area contributed by atoms with E-state index in [-0.39, 0.29) is 0 Å². The van der Waals surface area contributed by atoms with Crippen molar-refractivity contribution in [1.82, 2.24) is 10.6 Å². The Kier molecular flexibility index (Phi) is 12.5. The highest BCUT2D eigenvalue weighted by atomic mass is 16.4. The van der Waals surface area contributed by atoms with E-state index in [2.05, 4.69) is 58.5 Å². The minimum absolute atomic E-state index is 0.424. The standard InChI is InChI=1S/C16H30N6.2C2H4O2/c1-15(2,13-17-9-5-6-10-18-13)21-22-16(3,4)14-19-11-7-8-12-20-14;2*1-2(3)4/h5-12H2,1-4H3,(H,17,18)(H,19,20);2*1H3,(H,3,4). The summed E-state index contributed by atoms with van der Waals surface area (Å²) >= 11 is 0. The number of carbonyl (C=O) groups is 2. The second-order valence-corrected chi connectivity index (χ2v) is 8.08. The molecule has 0 saturated heterocycles. The van der Waals surface area contributed by atoms with E-state index in [9.17, 15) is 0 Å². The van der Waals surface area contributed by atoms with Gasteiger partial charge in [-0.25, -0.2) is 0 Å². The van der Waals surface area contributed by atoms with Crippen molar-refractivity contribution in [2.45, 2.75) is 78.3 Å². The predicted molar refractivity (Wildman–Crippen MR) is 119 cm³/mol. The number of nitrogens with one attached hydrogen (secondary N) is 2. The summed E-state index contributed by atoms with van der Waals surface area (Å²) in [6, 6.07) is 0. The molecule has 4 N–H and O–H groups in total. The van der Waals surface area contributed by atoms with Crippen LogP contribution < -0.4 is 10.6 Å². The average molecular weight is 427 g/mol. The van der Waals surface area contributed by atoms with Crippen molar-refractivity contribution in [1.29, 1.82) is 0 Å². The first-order chi connectivity index (χ1) is 13.9. The fourth-order valence-corrected chi connectivity index (χ4v) is 2.54. The van der Waals surface area contributed by atoms with Crippen molar-refractivity contribution >= 4 is 23.6 Å². The molecule has 0 aromatic carbocycles. The van der Waals surface area contributed by atoms with Crippen molar-refractivity contribution < 1.29 is 19.8 Å². The molecule has 0 fully saturated rings. The lowest BCUT2D eigenvalue weighted by Gasteiger charge is -2.26. The molecule has 0 aliphatic carbocycles. The summed E-state index contributed by atoms with van der Waals surface area (Å²) in [5, 5.41) is 30.8. The molecular weight excluding hydrogens is 388 g/mol. The summed E-state index contributed by atoms with van der Waals surface area (Å²) in [4.78, 5) is 27.3. The minimum Gasteiger partial charge on any atom is -0.481 e. The van der Waals surface area contributed by atoms with E-state index < -0.39 is 23.0 Å². The van der Waals surface area contributed by atoms with Crippen LogP contribution >= 0.6 is 0 Å². The first-order valence-corrected chi connectivity index (χ1v) is 10.3. The van der Waals surface area contributed by atoms with E-state index in [1.807, 2.05) is 0 Å². The van der Waals surface area contributed by atoms with Crippen LogP contribution in [0.3, 0.4) is 0 Å². The van der Waals surface area contributed by atoms with Gasteiger partial charge in [-0.3, -0.25) is 19.6 Å². The number of amidine groups is 2. The minimum atomic E-state index is -0.833. The zero-order valence-corrected chi connectivity index (χ0v) is 19.2. The SMILES string of the molecule is CC(=O)O.CC(=O)O.CC(C)(N=NC(C)(C)C1=NCCCCN1)C1=NCCCCN1. The van der Waals surface area contributed by atoms with Gasteiger partial charge in [-0.05, 0) is 53.4 Å². The summed E-state index contributed by atoms with van der Waals surface area (Å²) in [7, 11) is 0. The van der Waals surface area contributed by atoms with Crippen LogP contribution in [0.25, 0.3) is 0 Å². The second-order valence-electron chi connectivity index (χ2n) is 8.08. The number of azo groups is 1. The van der Waals surface area contributed by atoms with Crippen molar-refractivity contribution in [2.24, 2.45) is 20.2 Å². The third kappa shape index (κ3) is 12.8. The molecule has 0 spiro atoms. The molecule has 0 saturated carbocycles. The van der Waals surface area contributed by atoms with E-state index in [0.717, 1.165) is 77.4 Å². The number of rotatable bonds is 4. The number of aliphatic carboxylic acids is 2. The molecule has 0 aromatic heterocycles. The highest BCUT2D eigenvalue weighted by molar-refractivity contribution is 5.92. The maximum Gasteiger partial charge on any atom is 0.300 e. The first kappa shape index (κ1) is 27.5. The number of carboxylic acid groups (broad SMARTS) is 2. The lowest BCUT2D eigenvalue weighted by atomic mass is 10.0. The van der Waals surface area contributed by atoms with Gasteiger partial charge in [0.2, 0.25) is 0 Å². The van der Waals surface area contributed by atoms with Crippen LogP contribution in [0.2, 0.25) is 0 Å². The molecule has 2 aliphatic heterocycles. The molecule has 0 atom stereocenters. The third-order valence-corrected chi connectivity index (χ3v) is 4.00. The van der Waals surface area contributed by atoms with Crippen LogP contribution in [0.5, 0.6) is 0 Å². The Hall–Kier alpha value is -2.52. The maximum atomic E-state index is 9.00. The smallest absolute Gasteiger partial charge is 0.300 e. The number of hydrogen-bond donors (Lipinski definition) is 4. The molecule has 30 heavy (non-hydrogen) atoms. The summed E-state index contributed by atoms with van der Waals surface area (Å²) in [5.74, 6) is 0.223. The average Bonchev–Trinajstić information content (AvgIpc) is 3.05. The van der Waals surface area contributed by atoms with E-state index in [4.69, 9.17) is 19.8 Å². The predicted octanol–water partition coefficient (Wildman–Crippen LogP) is 2.74. The molecule has 0 aromatic rings. The van der Waals surface area contributed by atoms with Gasteiger partial charge in [0.1, 0.15) is 22.7 Å². The fourth-order valence-electron chi connectivity index (χ4n) is 2.54. The normalized spacial score (nSPS) is 17.3. The lowest BCUT2D eigenvalue weighted by Crippen LogP contribution is -2.43. The summed E-state index contributed by atoms with van der Waals surface area (Å²) in [5.41, 5.74) is -0.847. The van der Waals surface area contributed by atoms with Gasteiger partial charge in [0, 0.05) is 40.0 Å². The van der Waals surface area contributed by atoms with Crippen LogP contribution in [-0.4, -0.2) is 71.1 Å². The van der Waals surface area contributed by atoms with Gasteiger partial charge in [0.15, 0.2) is 0 Å². The lowest BCUT2D eigenvalue weighted by molar-refractivity contribution is -0.135. The Morgan fingerprint density at radius 2 is 1.07 bits per heavy atom. The Balaban J connectivity index is 0.000000901. The summed E-state index contributed by atoms with van der Waals surface area (Å²) < 4.78 is 0. The largest absolute Gasteiger partial charge is 0.481 e. The molecule has 172 valence electrons. The maximum absolute atomic E-state index is 9.00. The number of aliphatic imine (C=N–C) groups is 2. The Labute approximate surface area is 179 Å². The van der Waals surface area contributed by atoms with Gasteiger partial charge in [0.05, 0.1) is 0 Å². The van der Waals surface area contributed by atoms with E-state index in [1.54, 1.807) is 0 Å². The highest BCUT2D eigenvalue weighted by Gasteiger charge is 2.30. The van der Waals surface area contributed by atoms with Crippen molar-refractivity contribution in [3.05, 3.63) is 0 Å². The molecule has 0 bridgehead atoms. The fraction of sp³-hybridized carbons (Fsp3) is 0.800. The number of hydrogen-bond acceptors (Lipinski definition) is 8. The van der Waals surface area contributed by atoms with Crippen LogP contribution in [0.1, 0.15) is 67.2 Å². The van der Waals surface area contributed by atoms with Gasteiger partial charge < -0.3 is 20.8 Å². The number of carboxylic acids is 2. The molecular formula is C20H38N6O4. The molecule has 0 unspecified atom stereocenters. The Bertz CT molecular complexity index is 579. The molecule has 0 amide bonds. The van der Waals surface area contributed by atoms with Gasteiger partial charge in [-0.15, -0.1) is 0 Å².